The van der Waals surface area contributed by atoms with E-state index in [1.807, 2.05) is 26.0 Å². The molecule has 0 fully saturated rings. The summed E-state index contributed by atoms with van der Waals surface area (Å²) >= 11 is 5.82. The molecule has 0 aliphatic heterocycles. The number of aryl methyl sites for hydroxylation is 2. The van der Waals surface area contributed by atoms with Crippen LogP contribution in [0.2, 0.25) is 5.15 Å². The minimum absolute atomic E-state index is 0.308. The second-order valence-corrected chi connectivity index (χ2v) is 4.27. The molecule has 2 aromatic heterocycles. The van der Waals surface area contributed by atoms with Crippen LogP contribution < -0.4 is 10.5 Å². The van der Waals surface area contributed by atoms with Gasteiger partial charge in [0.2, 0.25) is 5.88 Å². The van der Waals surface area contributed by atoms with Crippen LogP contribution in [0.4, 0.5) is 5.69 Å². The molecule has 0 unspecified atom stereocenters. The third-order valence-electron chi connectivity index (χ3n) is 2.47. The van der Waals surface area contributed by atoms with Crippen molar-refractivity contribution >= 4 is 17.3 Å². The van der Waals surface area contributed by atoms with E-state index in [2.05, 4.69) is 9.97 Å². The van der Waals surface area contributed by atoms with Crippen LogP contribution in [-0.2, 0) is 6.42 Å². The van der Waals surface area contributed by atoms with Gasteiger partial charge >= 0.3 is 0 Å². The van der Waals surface area contributed by atoms with Gasteiger partial charge < -0.3 is 10.5 Å². The van der Waals surface area contributed by atoms with Crippen molar-refractivity contribution in [2.45, 2.75) is 20.3 Å². The maximum atomic E-state index is 5.82. The molecule has 0 saturated heterocycles. The highest BCUT2D eigenvalue weighted by atomic mass is 35.5. The monoisotopic (exact) mass is 263 g/mol. The molecular weight excluding hydrogens is 250 g/mol. The van der Waals surface area contributed by atoms with Crippen LogP contribution in [0, 0.1) is 6.92 Å². The third kappa shape index (κ3) is 2.71. The largest absolute Gasteiger partial charge is 0.435 e. The van der Waals surface area contributed by atoms with Crippen LogP contribution in [0.1, 0.15) is 18.3 Å². The first kappa shape index (κ1) is 12.6. The van der Waals surface area contributed by atoms with Crippen LogP contribution >= 0.6 is 11.6 Å². The van der Waals surface area contributed by atoms with E-state index >= 15 is 0 Å². The van der Waals surface area contributed by atoms with E-state index < -0.39 is 0 Å². The summed E-state index contributed by atoms with van der Waals surface area (Å²) < 4.78 is 5.68. The van der Waals surface area contributed by atoms with Gasteiger partial charge in [-0.3, -0.25) is 4.98 Å². The standard InChI is InChI=1S/C13H14ClN3O/c1-3-10-11(6-4-8(2)16-10)18-13-9(15)5-7-12(14)17-13/h4-7H,3,15H2,1-2H3. The average Bonchev–Trinajstić information content (AvgIpc) is 2.36. The van der Waals surface area contributed by atoms with E-state index in [0.29, 0.717) is 22.5 Å². The minimum Gasteiger partial charge on any atom is -0.435 e. The number of rotatable bonds is 3. The lowest BCUT2D eigenvalue weighted by molar-refractivity contribution is 0.456. The third-order valence-corrected chi connectivity index (χ3v) is 2.68. The van der Waals surface area contributed by atoms with Gasteiger partial charge in [0.1, 0.15) is 5.15 Å². The van der Waals surface area contributed by atoms with Crippen LogP contribution in [-0.4, -0.2) is 9.97 Å². The maximum Gasteiger partial charge on any atom is 0.244 e. The first-order valence-electron chi connectivity index (χ1n) is 5.66. The summed E-state index contributed by atoms with van der Waals surface area (Å²) in [6.45, 7) is 3.96. The van der Waals surface area contributed by atoms with Crippen molar-refractivity contribution in [3.8, 4) is 11.6 Å². The summed E-state index contributed by atoms with van der Waals surface area (Å²) in [5.41, 5.74) is 8.06. The number of pyridine rings is 2. The molecule has 0 aliphatic carbocycles. The van der Waals surface area contributed by atoms with E-state index in [1.54, 1.807) is 12.1 Å². The van der Waals surface area contributed by atoms with E-state index in [-0.39, 0.29) is 0 Å². The van der Waals surface area contributed by atoms with Gasteiger partial charge in [0.15, 0.2) is 5.75 Å². The molecule has 4 nitrogen and oxygen atoms in total. The lowest BCUT2D eigenvalue weighted by Crippen LogP contribution is -1.99. The van der Waals surface area contributed by atoms with Crippen molar-refractivity contribution in [1.82, 2.24) is 9.97 Å². The number of ether oxygens (including phenoxy) is 1. The van der Waals surface area contributed by atoms with Crippen molar-refractivity contribution in [1.29, 1.82) is 0 Å². The Kier molecular flexibility index (Phi) is 3.67. The van der Waals surface area contributed by atoms with Gasteiger partial charge in [-0.2, -0.15) is 4.98 Å². The van der Waals surface area contributed by atoms with Crippen LogP contribution in [0.15, 0.2) is 24.3 Å². The number of hydrogen-bond donors (Lipinski definition) is 1. The molecule has 5 heteroatoms. The predicted molar refractivity (Wildman–Crippen MR) is 72.1 cm³/mol. The lowest BCUT2D eigenvalue weighted by Gasteiger charge is -2.10. The predicted octanol–water partition coefficient (Wildman–Crippen LogP) is 3.38. The Morgan fingerprint density at radius 3 is 2.72 bits per heavy atom. The molecule has 0 atom stereocenters. The molecule has 2 heterocycles. The molecule has 94 valence electrons. The highest BCUT2D eigenvalue weighted by Gasteiger charge is 2.09. The van der Waals surface area contributed by atoms with Crippen LogP contribution in [0.3, 0.4) is 0 Å². The molecule has 18 heavy (non-hydrogen) atoms. The van der Waals surface area contributed by atoms with Crippen molar-refractivity contribution < 1.29 is 4.74 Å². The highest BCUT2D eigenvalue weighted by Crippen LogP contribution is 2.28. The first-order chi connectivity index (χ1) is 8.60. The van der Waals surface area contributed by atoms with Crippen LogP contribution in [0.25, 0.3) is 0 Å². The number of nitrogens with zero attached hydrogens (tertiary/aromatic N) is 2. The number of anilines is 1. The Morgan fingerprint density at radius 2 is 2.00 bits per heavy atom. The van der Waals surface area contributed by atoms with Gasteiger partial charge in [0, 0.05) is 5.69 Å². The van der Waals surface area contributed by atoms with E-state index in [1.165, 1.54) is 0 Å². The molecule has 0 spiro atoms. The van der Waals surface area contributed by atoms with Gasteiger partial charge in [-0.15, -0.1) is 0 Å². The summed E-state index contributed by atoms with van der Waals surface area (Å²) in [6, 6.07) is 7.04. The van der Waals surface area contributed by atoms with E-state index in [9.17, 15) is 0 Å². The highest BCUT2D eigenvalue weighted by molar-refractivity contribution is 6.29. The lowest BCUT2D eigenvalue weighted by atomic mass is 10.2. The molecule has 0 bridgehead atoms. The van der Waals surface area contributed by atoms with Crippen molar-refractivity contribution in [2.24, 2.45) is 0 Å². The molecular formula is C13H14ClN3O. The zero-order valence-corrected chi connectivity index (χ0v) is 11.0. The topological polar surface area (TPSA) is 61.0 Å². The fourth-order valence-electron chi connectivity index (χ4n) is 1.56. The summed E-state index contributed by atoms with van der Waals surface area (Å²) in [5, 5.41) is 0.345. The average molecular weight is 264 g/mol. The number of aromatic nitrogens is 2. The Labute approximate surface area is 111 Å². The van der Waals surface area contributed by atoms with Gasteiger partial charge in [0.05, 0.1) is 11.4 Å². The molecule has 0 aromatic carbocycles. The summed E-state index contributed by atoms with van der Waals surface area (Å²) in [4.78, 5) is 8.47. The van der Waals surface area contributed by atoms with E-state index in [0.717, 1.165) is 17.8 Å². The zero-order valence-electron chi connectivity index (χ0n) is 10.3. The van der Waals surface area contributed by atoms with Crippen LogP contribution in [0.5, 0.6) is 11.6 Å². The number of nitrogens with two attached hydrogens (primary N) is 1. The molecule has 0 aliphatic rings. The smallest absolute Gasteiger partial charge is 0.244 e. The Morgan fingerprint density at radius 1 is 1.22 bits per heavy atom. The first-order valence-corrected chi connectivity index (χ1v) is 6.04. The summed E-state index contributed by atoms with van der Waals surface area (Å²) in [5.74, 6) is 0.965. The van der Waals surface area contributed by atoms with Gasteiger partial charge in [0.25, 0.3) is 0 Å². The number of nitrogen functional groups attached to an aromatic ring is 1. The fourth-order valence-corrected chi connectivity index (χ4v) is 1.70. The quantitative estimate of drug-likeness (QED) is 0.863. The zero-order chi connectivity index (χ0) is 13.1. The van der Waals surface area contributed by atoms with Gasteiger partial charge in [-0.25, -0.2) is 0 Å². The van der Waals surface area contributed by atoms with Crippen molar-refractivity contribution in [3.63, 3.8) is 0 Å². The molecule has 0 amide bonds. The minimum atomic E-state index is 0.308. The molecule has 2 rings (SSSR count). The molecule has 2 aromatic rings. The summed E-state index contributed by atoms with van der Waals surface area (Å²) in [6.07, 6.45) is 0.775. The maximum absolute atomic E-state index is 5.82. The van der Waals surface area contributed by atoms with Gasteiger partial charge in [-0.05, 0) is 37.6 Å². The second kappa shape index (κ2) is 5.23. The molecule has 2 N–H and O–H groups in total. The van der Waals surface area contributed by atoms with Crippen molar-refractivity contribution in [2.75, 3.05) is 5.73 Å². The number of hydrogen-bond acceptors (Lipinski definition) is 4. The van der Waals surface area contributed by atoms with Crippen molar-refractivity contribution in [3.05, 3.63) is 40.8 Å². The Balaban J connectivity index is 2.36. The fraction of sp³-hybridized carbons (Fsp3) is 0.231. The Bertz CT molecular complexity index is 572. The summed E-state index contributed by atoms with van der Waals surface area (Å²) in [7, 11) is 0. The van der Waals surface area contributed by atoms with E-state index in [4.69, 9.17) is 22.1 Å². The second-order valence-electron chi connectivity index (χ2n) is 3.88. The SMILES string of the molecule is CCc1nc(C)ccc1Oc1nc(Cl)ccc1N. The van der Waals surface area contributed by atoms with Gasteiger partial charge in [-0.1, -0.05) is 18.5 Å². The molecule has 0 saturated carbocycles. The normalized spacial score (nSPS) is 10.4. The number of halogens is 1. The Hall–Kier alpha value is -1.81. The molecule has 0 radical (unpaired) electrons.